The Labute approximate surface area is 185 Å². The van der Waals surface area contributed by atoms with Crippen LogP contribution < -0.4 is 10.6 Å². The number of carbonyl (C=O) groups excluding carboxylic acids is 2. The summed E-state index contributed by atoms with van der Waals surface area (Å²) in [4.78, 5) is 26.1. The molecule has 0 saturated carbocycles. The fraction of sp³-hybridized carbons (Fsp3) is 0.0909. The highest BCUT2D eigenvalue weighted by atomic mass is 32.1. The second kappa shape index (κ2) is 9.59. The normalized spacial score (nSPS) is 11.6. The molecule has 6 nitrogen and oxygen atoms in total. The number of benzene rings is 2. The van der Waals surface area contributed by atoms with E-state index in [1.807, 2.05) is 30.3 Å². The van der Waals surface area contributed by atoms with Crippen LogP contribution in [-0.2, 0) is 11.2 Å². The summed E-state index contributed by atoms with van der Waals surface area (Å²) in [6, 6.07) is 18.0. The number of rotatable bonds is 7. The Morgan fingerprint density at radius 3 is 2.45 bits per heavy atom. The van der Waals surface area contributed by atoms with Crippen molar-refractivity contribution in [2.24, 2.45) is 0 Å². The third-order valence-corrected chi connectivity index (χ3v) is 6.15. The highest BCUT2D eigenvalue weighted by molar-refractivity contribution is 7.18. The van der Waals surface area contributed by atoms with Crippen molar-refractivity contribution in [1.82, 2.24) is 15.5 Å². The van der Waals surface area contributed by atoms with Crippen LogP contribution in [0, 0.1) is 5.82 Å². The van der Waals surface area contributed by atoms with E-state index in [9.17, 15) is 14.0 Å². The second-order valence-electron chi connectivity index (χ2n) is 6.60. The Bertz CT molecular complexity index is 1160. The van der Waals surface area contributed by atoms with Crippen molar-refractivity contribution in [2.75, 3.05) is 5.32 Å². The van der Waals surface area contributed by atoms with Crippen molar-refractivity contribution in [1.29, 1.82) is 0 Å². The van der Waals surface area contributed by atoms with Crippen LogP contribution in [0.5, 0.6) is 0 Å². The molecule has 1 atom stereocenters. The Kier molecular flexibility index (Phi) is 6.44. The molecule has 0 aliphatic heterocycles. The molecule has 4 rings (SSSR count). The maximum absolute atomic E-state index is 13.1. The SMILES string of the molecule is O=C(NC(Cc1ccccc1)C(=O)Nc1nnc(-c2ccc(F)cc2)s1)c1cccs1. The van der Waals surface area contributed by atoms with Crippen LogP contribution in [0.2, 0.25) is 0 Å². The quantitative estimate of drug-likeness (QED) is 0.436. The Morgan fingerprint density at radius 1 is 0.968 bits per heavy atom. The molecule has 0 saturated heterocycles. The molecule has 0 aliphatic carbocycles. The van der Waals surface area contributed by atoms with Crippen molar-refractivity contribution in [2.45, 2.75) is 12.5 Å². The van der Waals surface area contributed by atoms with Crippen LogP contribution in [-0.4, -0.2) is 28.1 Å². The summed E-state index contributed by atoms with van der Waals surface area (Å²) < 4.78 is 13.1. The van der Waals surface area contributed by atoms with Crippen LogP contribution in [0.3, 0.4) is 0 Å². The predicted molar refractivity (Wildman–Crippen MR) is 120 cm³/mol. The Morgan fingerprint density at radius 2 is 1.74 bits per heavy atom. The first-order chi connectivity index (χ1) is 15.1. The first-order valence-corrected chi connectivity index (χ1v) is 11.1. The van der Waals surface area contributed by atoms with Crippen LogP contribution >= 0.6 is 22.7 Å². The fourth-order valence-electron chi connectivity index (χ4n) is 2.87. The summed E-state index contributed by atoms with van der Waals surface area (Å²) >= 11 is 2.48. The lowest BCUT2D eigenvalue weighted by atomic mass is 10.1. The number of hydrogen-bond donors (Lipinski definition) is 2. The van der Waals surface area contributed by atoms with E-state index in [0.29, 0.717) is 27.0 Å². The molecule has 0 aliphatic rings. The highest BCUT2D eigenvalue weighted by Crippen LogP contribution is 2.26. The van der Waals surface area contributed by atoms with Gasteiger partial charge in [0, 0.05) is 12.0 Å². The average molecular weight is 453 g/mol. The van der Waals surface area contributed by atoms with E-state index in [2.05, 4.69) is 20.8 Å². The lowest BCUT2D eigenvalue weighted by Gasteiger charge is -2.17. The minimum atomic E-state index is -0.796. The number of nitrogens with one attached hydrogen (secondary N) is 2. The number of halogens is 1. The van der Waals surface area contributed by atoms with Gasteiger partial charge in [-0.1, -0.05) is 47.7 Å². The van der Waals surface area contributed by atoms with Crippen molar-refractivity contribution < 1.29 is 14.0 Å². The molecule has 156 valence electrons. The molecule has 31 heavy (non-hydrogen) atoms. The van der Waals surface area contributed by atoms with Crippen LogP contribution in [0.4, 0.5) is 9.52 Å². The van der Waals surface area contributed by atoms with Gasteiger partial charge in [0.15, 0.2) is 0 Å². The maximum atomic E-state index is 13.1. The van der Waals surface area contributed by atoms with Crippen molar-refractivity contribution in [3.05, 3.63) is 88.4 Å². The predicted octanol–water partition coefficient (Wildman–Crippen LogP) is 4.39. The Balaban J connectivity index is 1.50. The molecule has 2 aromatic carbocycles. The molecular formula is C22H17FN4O2S2. The Hall–Kier alpha value is -3.43. The minimum absolute atomic E-state index is 0.299. The number of amides is 2. The van der Waals surface area contributed by atoms with E-state index in [1.54, 1.807) is 29.6 Å². The van der Waals surface area contributed by atoms with Crippen LogP contribution in [0.15, 0.2) is 72.1 Å². The lowest BCUT2D eigenvalue weighted by molar-refractivity contribution is -0.118. The van der Waals surface area contributed by atoms with Gasteiger partial charge in [-0.15, -0.1) is 21.5 Å². The molecule has 9 heteroatoms. The largest absolute Gasteiger partial charge is 0.339 e. The van der Waals surface area contributed by atoms with Crippen molar-refractivity contribution in [3.63, 3.8) is 0 Å². The summed E-state index contributed by atoms with van der Waals surface area (Å²) in [6.45, 7) is 0. The molecular weight excluding hydrogens is 435 g/mol. The van der Waals surface area contributed by atoms with E-state index in [0.717, 1.165) is 5.56 Å². The van der Waals surface area contributed by atoms with E-state index in [-0.39, 0.29) is 11.7 Å². The third kappa shape index (κ3) is 5.39. The van der Waals surface area contributed by atoms with Gasteiger partial charge in [-0.25, -0.2) is 4.39 Å². The van der Waals surface area contributed by atoms with Gasteiger partial charge in [0.2, 0.25) is 11.0 Å². The van der Waals surface area contributed by atoms with Gasteiger partial charge in [0.25, 0.3) is 5.91 Å². The van der Waals surface area contributed by atoms with Gasteiger partial charge in [-0.2, -0.15) is 0 Å². The molecule has 0 fully saturated rings. The minimum Gasteiger partial charge on any atom is -0.339 e. The molecule has 0 radical (unpaired) electrons. The van der Waals surface area contributed by atoms with E-state index < -0.39 is 11.9 Å². The molecule has 0 bridgehead atoms. The highest BCUT2D eigenvalue weighted by Gasteiger charge is 2.23. The molecule has 2 aromatic heterocycles. The van der Waals surface area contributed by atoms with Crippen LogP contribution in [0.1, 0.15) is 15.2 Å². The monoisotopic (exact) mass is 452 g/mol. The summed E-state index contributed by atoms with van der Waals surface area (Å²) in [5.74, 6) is -1.04. The number of thiophene rings is 1. The van der Waals surface area contributed by atoms with Gasteiger partial charge in [-0.05, 0) is 41.3 Å². The average Bonchev–Trinajstić information content (AvgIpc) is 3.47. The van der Waals surface area contributed by atoms with Gasteiger partial charge in [-0.3, -0.25) is 14.9 Å². The first-order valence-electron chi connectivity index (χ1n) is 9.37. The number of aromatic nitrogens is 2. The zero-order chi connectivity index (χ0) is 21.6. The summed E-state index contributed by atoms with van der Waals surface area (Å²) in [7, 11) is 0. The molecule has 0 spiro atoms. The lowest BCUT2D eigenvalue weighted by Crippen LogP contribution is -2.45. The second-order valence-corrected chi connectivity index (χ2v) is 8.53. The summed E-state index contributed by atoms with van der Waals surface area (Å²) in [5, 5.41) is 16.3. The van der Waals surface area contributed by atoms with Crippen molar-refractivity contribution >= 4 is 39.6 Å². The first kappa shape index (κ1) is 20.8. The van der Waals surface area contributed by atoms with Crippen molar-refractivity contribution in [3.8, 4) is 10.6 Å². The van der Waals surface area contributed by atoms with Crippen LogP contribution in [0.25, 0.3) is 10.6 Å². The smallest absolute Gasteiger partial charge is 0.262 e. The van der Waals surface area contributed by atoms with E-state index in [1.165, 1.54) is 34.8 Å². The summed E-state index contributed by atoms with van der Waals surface area (Å²) in [6.07, 6.45) is 0.327. The number of hydrogen-bond acceptors (Lipinski definition) is 6. The third-order valence-electron chi connectivity index (χ3n) is 4.40. The molecule has 4 aromatic rings. The topological polar surface area (TPSA) is 84.0 Å². The fourth-order valence-corrected chi connectivity index (χ4v) is 4.25. The maximum Gasteiger partial charge on any atom is 0.262 e. The van der Waals surface area contributed by atoms with Gasteiger partial charge in [0.05, 0.1) is 4.88 Å². The number of nitrogens with zero attached hydrogens (tertiary/aromatic N) is 2. The van der Waals surface area contributed by atoms with E-state index in [4.69, 9.17) is 0 Å². The molecule has 2 amide bonds. The van der Waals surface area contributed by atoms with Gasteiger partial charge < -0.3 is 5.32 Å². The standard InChI is InChI=1S/C22H17FN4O2S2/c23-16-10-8-15(9-11-16)21-26-27-22(31-21)25-19(28)17(13-14-5-2-1-3-6-14)24-20(29)18-7-4-12-30-18/h1-12,17H,13H2,(H,24,29)(H,25,27,28). The van der Waals surface area contributed by atoms with E-state index >= 15 is 0 Å². The number of anilines is 1. The zero-order valence-corrected chi connectivity index (χ0v) is 17.8. The zero-order valence-electron chi connectivity index (χ0n) is 16.1. The van der Waals surface area contributed by atoms with Gasteiger partial charge in [0.1, 0.15) is 16.9 Å². The molecule has 2 N–H and O–H groups in total. The number of carbonyl (C=O) groups is 2. The van der Waals surface area contributed by atoms with Gasteiger partial charge >= 0.3 is 0 Å². The molecule has 1 unspecified atom stereocenters. The molecule has 2 heterocycles. The summed E-state index contributed by atoms with van der Waals surface area (Å²) in [5.41, 5.74) is 1.62.